The summed E-state index contributed by atoms with van der Waals surface area (Å²) in [6.45, 7) is 4.30. The van der Waals surface area contributed by atoms with E-state index in [9.17, 15) is 9.50 Å². The van der Waals surface area contributed by atoms with Crippen LogP contribution in [0.4, 0.5) is 4.39 Å². The highest BCUT2D eigenvalue weighted by molar-refractivity contribution is 5.12. The van der Waals surface area contributed by atoms with Crippen molar-refractivity contribution in [1.82, 2.24) is 15.3 Å². The van der Waals surface area contributed by atoms with Crippen LogP contribution in [0, 0.1) is 0 Å². The molecule has 1 saturated heterocycles. The summed E-state index contributed by atoms with van der Waals surface area (Å²) >= 11 is 0. The first kappa shape index (κ1) is 13.2. The number of ether oxygens (including phenoxy) is 1. The van der Waals surface area contributed by atoms with Crippen LogP contribution in [0.5, 0.6) is 5.88 Å². The number of nitrogens with zero attached hydrogens (tertiary/aromatic N) is 2. The third kappa shape index (κ3) is 3.14. The minimum atomic E-state index is -1.04. The van der Waals surface area contributed by atoms with E-state index in [1.165, 1.54) is 12.4 Å². The fourth-order valence-electron chi connectivity index (χ4n) is 1.78. The number of hydrogen-bond donors (Lipinski definition) is 2. The predicted molar refractivity (Wildman–Crippen MR) is 64.1 cm³/mol. The number of aliphatic hydroxyl groups is 1. The van der Waals surface area contributed by atoms with E-state index < -0.39 is 17.9 Å². The van der Waals surface area contributed by atoms with Crippen molar-refractivity contribution in [3.8, 4) is 5.88 Å². The number of nitrogens with one attached hydrogen (secondary N) is 1. The van der Waals surface area contributed by atoms with Gasteiger partial charge in [-0.1, -0.05) is 0 Å². The Kier molecular flexibility index (Phi) is 3.77. The summed E-state index contributed by atoms with van der Waals surface area (Å²) in [6.07, 6.45) is 1.96. The SMILES string of the molecule is CC(C)(O)c1cnc(O[C@H]2CCNC[C@H]2F)cn1. The quantitative estimate of drug-likeness (QED) is 0.835. The van der Waals surface area contributed by atoms with E-state index in [0.717, 1.165) is 6.54 Å². The van der Waals surface area contributed by atoms with Crippen LogP contribution in [-0.4, -0.2) is 40.4 Å². The minimum absolute atomic E-state index is 0.289. The van der Waals surface area contributed by atoms with Crippen molar-refractivity contribution in [2.45, 2.75) is 38.1 Å². The van der Waals surface area contributed by atoms with Crippen LogP contribution >= 0.6 is 0 Å². The maximum atomic E-state index is 13.5. The normalized spacial score (nSPS) is 24.9. The lowest BCUT2D eigenvalue weighted by atomic mass is 10.1. The molecule has 6 heteroatoms. The van der Waals surface area contributed by atoms with Crippen LogP contribution in [0.2, 0.25) is 0 Å². The monoisotopic (exact) mass is 255 g/mol. The highest BCUT2D eigenvalue weighted by Gasteiger charge is 2.27. The molecular weight excluding hydrogens is 237 g/mol. The van der Waals surface area contributed by atoms with Gasteiger partial charge in [0.2, 0.25) is 5.88 Å². The third-order valence-corrected chi connectivity index (χ3v) is 2.88. The van der Waals surface area contributed by atoms with Crippen molar-refractivity contribution in [3.05, 3.63) is 18.1 Å². The summed E-state index contributed by atoms with van der Waals surface area (Å²) in [7, 11) is 0. The fourth-order valence-corrected chi connectivity index (χ4v) is 1.78. The van der Waals surface area contributed by atoms with Gasteiger partial charge in [0.15, 0.2) is 0 Å². The maximum absolute atomic E-state index is 13.5. The number of halogens is 1. The number of hydrogen-bond acceptors (Lipinski definition) is 5. The van der Waals surface area contributed by atoms with Crippen molar-refractivity contribution in [1.29, 1.82) is 0 Å². The lowest BCUT2D eigenvalue weighted by Gasteiger charge is -2.26. The summed E-state index contributed by atoms with van der Waals surface area (Å²) in [4.78, 5) is 8.11. The van der Waals surface area contributed by atoms with Gasteiger partial charge in [-0.15, -0.1) is 0 Å². The maximum Gasteiger partial charge on any atom is 0.232 e. The zero-order valence-corrected chi connectivity index (χ0v) is 10.6. The molecule has 0 radical (unpaired) electrons. The van der Waals surface area contributed by atoms with Crippen LogP contribution in [-0.2, 0) is 5.60 Å². The molecule has 2 rings (SSSR count). The van der Waals surface area contributed by atoms with E-state index in [4.69, 9.17) is 4.74 Å². The molecule has 1 aromatic rings. The molecule has 5 nitrogen and oxygen atoms in total. The van der Waals surface area contributed by atoms with Gasteiger partial charge >= 0.3 is 0 Å². The highest BCUT2D eigenvalue weighted by atomic mass is 19.1. The van der Waals surface area contributed by atoms with Gasteiger partial charge in [0.05, 0.1) is 18.1 Å². The first-order chi connectivity index (χ1) is 8.47. The molecular formula is C12H18FN3O2. The zero-order valence-electron chi connectivity index (χ0n) is 10.6. The number of piperidine rings is 1. The number of rotatable bonds is 3. The van der Waals surface area contributed by atoms with Gasteiger partial charge < -0.3 is 15.2 Å². The average molecular weight is 255 g/mol. The molecule has 0 spiro atoms. The lowest BCUT2D eigenvalue weighted by molar-refractivity contribution is 0.0651. The molecule has 0 aromatic carbocycles. The molecule has 0 aliphatic carbocycles. The van der Waals surface area contributed by atoms with E-state index in [0.29, 0.717) is 18.7 Å². The van der Waals surface area contributed by atoms with Crippen molar-refractivity contribution in [3.63, 3.8) is 0 Å². The topological polar surface area (TPSA) is 67.3 Å². The van der Waals surface area contributed by atoms with Crippen molar-refractivity contribution in [2.75, 3.05) is 13.1 Å². The first-order valence-corrected chi connectivity index (χ1v) is 6.03. The van der Waals surface area contributed by atoms with E-state index in [1.807, 2.05) is 0 Å². The summed E-state index contributed by atoms with van der Waals surface area (Å²) in [5, 5.41) is 12.7. The van der Waals surface area contributed by atoms with Gasteiger partial charge in [-0.2, -0.15) is 0 Å². The Morgan fingerprint density at radius 1 is 1.44 bits per heavy atom. The molecule has 18 heavy (non-hydrogen) atoms. The smallest absolute Gasteiger partial charge is 0.232 e. The second kappa shape index (κ2) is 5.16. The van der Waals surface area contributed by atoms with E-state index in [2.05, 4.69) is 15.3 Å². The molecule has 0 unspecified atom stereocenters. The molecule has 2 atom stereocenters. The summed E-state index contributed by atoms with van der Waals surface area (Å²) in [6, 6.07) is 0. The van der Waals surface area contributed by atoms with Gasteiger partial charge in [-0.3, -0.25) is 4.98 Å². The molecule has 2 heterocycles. The zero-order chi connectivity index (χ0) is 13.2. The van der Waals surface area contributed by atoms with Gasteiger partial charge in [0.25, 0.3) is 0 Å². The molecule has 0 saturated carbocycles. The Balaban J connectivity index is 2.02. The van der Waals surface area contributed by atoms with Crippen molar-refractivity contribution >= 4 is 0 Å². The summed E-state index contributed by atoms with van der Waals surface area (Å²) < 4.78 is 19.0. The van der Waals surface area contributed by atoms with E-state index in [1.54, 1.807) is 13.8 Å². The summed E-state index contributed by atoms with van der Waals surface area (Å²) in [5.74, 6) is 0.289. The van der Waals surface area contributed by atoms with Crippen LogP contribution in [0.3, 0.4) is 0 Å². The van der Waals surface area contributed by atoms with Gasteiger partial charge in [0.1, 0.15) is 17.9 Å². The number of aromatic nitrogens is 2. The molecule has 0 bridgehead atoms. The molecule has 2 N–H and O–H groups in total. The van der Waals surface area contributed by atoms with Crippen molar-refractivity contribution in [2.24, 2.45) is 0 Å². The van der Waals surface area contributed by atoms with Crippen LogP contribution in [0.1, 0.15) is 26.0 Å². The third-order valence-electron chi connectivity index (χ3n) is 2.88. The Morgan fingerprint density at radius 2 is 2.22 bits per heavy atom. The fraction of sp³-hybridized carbons (Fsp3) is 0.667. The lowest BCUT2D eigenvalue weighted by Crippen LogP contribution is -2.44. The van der Waals surface area contributed by atoms with Gasteiger partial charge in [-0.05, 0) is 26.8 Å². The Labute approximate surface area is 105 Å². The van der Waals surface area contributed by atoms with Crippen LogP contribution in [0.25, 0.3) is 0 Å². The van der Waals surface area contributed by atoms with E-state index >= 15 is 0 Å². The highest BCUT2D eigenvalue weighted by Crippen LogP contribution is 2.19. The van der Waals surface area contributed by atoms with E-state index in [-0.39, 0.29) is 5.88 Å². The van der Waals surface area contributed by atoms with Crippen LogP contribution in [0.15, 0.2) is 12.4 Å². The number of alkyl halides is 1. The largest absolute Gasteiger partial charge is 0.470 e. The first-order valence-electron chi connectivity index (χ1n) is 6.03. The summed E-state index contributed by atoms with van der Waals surface area (Å²) in [5.41, 5.74) is -0.583. The predicted octanol–water partition coefficient (Wildman–Crippen LogP) is 0.783. The molecule has 1 aliphatic heterocycles. The molecule has 1 aliphatic rings. The Morgan fingerprint density at radius 3 is 2.78 bits per heavy atom. The molecule has 0 amide bonds. The average Bonchev–Trinajstić information content (AvgIpc) is 2.32. The molecule has 1 aromatic heterocycles. The molecule has 100 valence electrons. The van der Waals surface area contributed by atoms with Crippen molar-refractivity contribution < 1.29 is 14.2 Å². The molecule has 1 fully saturated rings. The van der Waals surface area contributed by atoms with Crippen LogP contribution < -0.4 is 10.1 Å². The Bertz CT molecular complexity index is 391. The second-order valence-electron chi connectivity index (χ2n) is 4.96. The van der Waals surface area contributed by atoms with Gasteiger partial charge in [-0.25, -0.2) is 9.37 Å². The second-order valence-corrected chi connectivity index (χ2v) is 4.96. The van der Waals surface area contributed by atoms with Gasteiger partial charge in [0, 0.05) is 6.54 Å². The Hall–Kier alpha value is -1.27. The minimum Gasteiger partial charge on any atom is -0.470 e. The standard InChI is InChI=1S/C12H18FN3O2/c1-12(2,17)10-6-16-11(7-15-10)18-9-3-4-14-5-8(9)13/h6-9,14,17H,3-5H2,1-2H3/t8-,9+/m1/s1.